The Balaban J connectivity index is 2.03. The number of nitrogens with zero attached hydrogens (tertiary/aromatic N) is 2. The second-order valence-corrected chi connectivity index (χ2v) is 6.42. The van der Waals surface area contributed by atoms with Gasteiger partial charge in [-0.1, -0.05) is 40.7 Å². The normalized spacial score (nSPS) is 11.6. The van der Waals surface area contributed by atoms with Crippen molar-refractivity contribution in [1.82, 2.24) is 5.43 Å². The average Bonchev–Trinajstić information content (AvgIpc) is 2.67. The van der Waals surface area contributed by atoms with Gasteiger partial charge in [-0.15, -0.1) is 0 Å². The number of nitro groups is 1. The number of amides is 1. The molecule has 0 saturated heterocycles. The summed E-state index contributed by atoms with van der Waals surface area (Å²) < 4.78 is 11.7. The van der Waals surface area contributed by atoms with Gasteiger partial charge in [-0.3, -0.25) is 14.9 Å². The smallest absolute Gasteiger partial charge is 0.310 e. The Hall–Kier alpha value is -3.20. The molecule has 0 aliphatic heterocycles. The molecule has 0 aliphatic carbocycles. The van der Waals surface area contributed by atoms with Gasteiger partial charge in [-0.25, -0.2) is 5.43 Å². The number of ether oxygens (including phenoxy) is 2. The van der Waals surface area contributed by atoms with Gasteiger partial charge in [-0.2, -0.15) is 5.10 Å². The first-order valence-corrected chi connectivity index (χ1v) is 8.98. The van der Waals surface area contributed by atoms with Gasteiger partial charge >= 0.3 is 5.69 Å². The predicted octanol–water partition coefficient (Wildman–Crippen LogP) is 3.84. The first-order chi connectivity index (χ1) is 13.4. The van der Waals surface area contributed by atoms with Crippen LogP contribution in [0.1, 0.15) is 12.5 Å². The van der Waals surface area contributed by atoms with Crippen molar-refractivity contribution in [3.63, 3.8) is 0 Å². The molecule has 0 spiro atoms. The largest absolute Gasteiger partial charge is 0.489 e. The van der Waals surface area contributed by atoms with Gasteiger partial charge in [0.2, 0.25) is 0 Å². The van der Waals surface area contributed by atoms with Gasteiger partial charge in [0.15, 0.2) is 11.9 Å². The Kier molecular flexibility index (Phi) is 7.70. The van der Waals surface area contributed by atoms with E-state index in [9.17, 15) is 14.9 Å². The van der Waals surface area contributed by atoms with Crippen molar-refractivity contribution in [1.29, 1.82) is 0 Å². The third-order valence-corrected chi connectivity index (χ3v) is 3.94. The van der Waals surface area contributed by atoms with Crippen LogP contribution < -0.4 is 14.9 Å². The minimum atomic E-state index is -0.989. The van der Waals surface area contributed by atoms with Crippen molar-refractivity contribution in [2.24, 2.45) is 5.10 Å². The minimum Gasteiger partial charge on any atom is -0.489 e. The van der Waals surface area contributed by atoms with Gasteiger partial charge in [0.1, 0.15) is 12.4 Å². The van der Waals surface area contributed by atoms with E-state index in [0.29, 0.717) is 17.9 Å². The Bertz CT molecular complexity index is 901. The number of halogens is 1. The van der Waals surface area contributed by atoms with Gasteiger partial charge in [-0.05, 0) is 31.2 Å². The van der Waals surface area contributed by atoms with Crippen LogP contribution in [0.3, 0.4) is 0 Å². The standard InChI is InChI=1S/C19H18BrN3O5/c1-3-10-27-17-9-8-15(20)11-14(17)12-21-22-19(24)13(2)28-18-7-5-4-6-16(18)23(25)26/h3-9,11-13H,1,10H2,2H3,(H,22,24)/b21-12+. The van der Waals surface area contributed by atoms with Crippen LogP contribution in [0.4, 0.5) is 5.69 Å². The number of carbonyl (C=O) groups excluding carboxylic acids is 1. The fourth-order valence-corrected chi connectivity index (χ4v) is 2.49. The van der Waals surface area contributed by atoms with E-state index >= 15 is 0 Å². The molecular formula is C19H18BrN3O5. The molecule has 146 valence electrons. The summed E-state index contributed by atoms with van der Waals surface area (Å²) in [6, 6.07) is 11.2. The molecule has 2 aromatic rings. The van der Waals surface area contributed by atoms with E-state index in [0.717, 1.165) is 4.47 Å². The SMILES string of the molecule is C=CCOc1ccc(Br)cc1/C=N/NC(=O)C(C)Oc1ccccc1[N+](=O)[O-]. The van der Waals surface area contributed by atoms with E-state index in [-0.39, 0.29) is 11.4 Å². The second-order valence-electron chi connectivity index (χ2n) is 5.50. The van der Waals surface area contributed by atoms with Crippen LogP contribution in [0.25, 0.3) is 0 Å². The number of benzene rings is 2. The summed E-state index contributed by atoms with van der Waals surface area (Å²) >= 11 is 3.36. The lowest BCUT2D eigenvalue weighted by Crippen LogP contribution is -2.33. The molecule has 28 heavy (non-hydrogen) atoms. The maximum atomic E-state index is 12.2. The molecule has 0 radical (unpaired) electrons. The highest BCUT2D eigenvalue weighted by molar-refractivity contribution is 9.10. The van der Waals surface area contributed by atoms with Gasteiger partial charge in [0.05, 0.1) is 11.1 Å². The molecule has 1 N–H and O–H groups in total. The Morgan fingerprint density at radius 1 is 1.36 bits per heavy atom. The molecular weight excluding hydrogens is 430 g/mol. The van der Waals surface area contributed by atoms with E-state index in [4.69, 9.17) is 9.47 Å². The van der Waals surface area contributed by atoms with Crippen LogP contribution in [0.5, 0.6) is 11.5 Å². The number of hydrogen-bond acceptors (Lipinski definition) is 6. The molecule has 1 unspecified atom stereocenters. The van der Waals surface area contributed by atoms with Crippen LogP contribution in [0, 0.1) is 10.1 Å². The highest BCUT2D eigenvalue weighted by atomic mass is 79.9. The lowest BCUT2D eigenvalue weighted by atomic mass is 10.2. The summed E-state index contributed by atoms with van der Waals surface area (Å²) in [5.74, 6) is 0.0227. The molecule has 0 saturated carbocycles. The van der Waals surface area contributed by atoms with E-state index in [2.05, 4.69) is 33.0 Å². The molecule has 0 fully saturated rings. The summed E-state index contributed by atoms with van der Waals surface area (Å²) in [6.07, 6.45) is 2.06. The number of carbonyl (C=O) groups is 1. The lowest BCUT2D eigenvalue weighted by Gasteiger charge is -2.13. The zero-order valence-electron chi connectivity index (χ0n) is 15.0. The Labute approximate surface area is 170 Å². The molecule has 0 bridgehead atoms. The van der Waals surface area contributed by atoms with Crippen LogP contribution in [-0.4, -0.2) is 29.8 Å². The number of nitro benzene ring substituents is 1. The van der Waals surface area contributed by atoms with Crippen molar-refractivity contribution < 1.29 is 19.2 Å². The molecule has 0 heterocycles. The quantitative estimate of drug-likeness (QED) is 0.272. The fraction of sp³-hybridized carbons (Fsp3) is 0.158. The average molecular weight is 448 g/mol. The molecule has 2 rings (SSSR count). The first kappa shape index (κ1) is 21.1. The molecule has 1 amide bonds. The fourth-order valence-electron chi connectivity index (χ4n) is 2.11. The van der Waals surface area contributed by atoms with Crippen LogP contribution >= 0.6 is 15.9 Å². The van der Waals surface area contributed by atoms with Crippen LogP contribution in [-0.2, 0) is 4.79 Å². The second kappa shape index (κ2) is 10.2. The van der Waals surface area contributed by atoms with E-state index in [1.807, 2.05) is 6.07 Å². The summed E-state index contributed by atoms with van der Waals surface area (Å²) in [6.45, 7) is 5.40. The predicted molar refractivity (Wildman–Crippen MR) is 109 cm³/mol. The maximum absolute atomic E-state index is 12.2. The van der Waals surface area contributed by atoms with Crippen molar-refractivity contribution in [3.8, 4) is 11.5 Å². The summed E-state index contributed by atoms with van der Waals surface area (Å²) in [4.78, 5) is 22.6. The van der Waals surface area contributed by atoms with Crippen molar-refractivity contribution in [2.75, 3.05) is 6.61 Å². The Morgan fingerprint density at radius 3 is 2.82 bits per heavy atom. The monoisotopic (exact) mass is 447 g/mol. The summed E-state index contributed by atoms with van der Waals surface area (Å²) in [7, 11) is 0. The maximum Gasteiger partial charge on any atom is 0.310 e. The van der Waals surface area contributed by atoms with Crippen molar-refractivity contribution in [3.05, 3.63) is 75.3 Å². The van der Waals surface area contributed by atoms with E-state index in [1.165, 1.54) is 31.3 Å². The highest BCUT2D eigenvalue weighted by Gasteiger charge is 2.20. The molecule has 8 nitrogen and oxygen atoms in total. The first-order valence-electron chi connectivity index (χ1n) is 8.18. The molecule has 0 aromatic heterocycles. The van der Waals surface area contributed by atoms with E-state index < -0.39 is 16.9 Å². The van der Waals surface area contributed by atoms with Gasteiger partial charge < -0.3 is 9.47 Å². The molecule has 2 aromatic carbocycles. The van der Waals surface area contributed by atoms with Gasteiger partial charge in [0.25, 0.3) is 5.91 Å². The number of rotatable bonds is 9. The third-order valence-electron chi connectivity index (χ3n) is 3.44. The highest BCUT2D eigenvalue weighted by Crippen LogP contribution is 2.26. The topological polar surface area (TPSA) is 103 Å². The number of para-hydroxylation sites is 2. The third kappa shape index (κ3) is 5.92. The van der Waals surface area contributed by atoms with Gasteiger partial charge in [0, 0.05) is 16.1 Å². The van der Waals surface area contributed by atoms with Crippen LogP contribution in [0.2, 0.25) is 0 Å². The summed E-state index contributed by atoms with van der Waals surface area (Å²) in [5, 5.41) is 14.9. The van der Waals surface area contributed by atoms with Crippen molar-refractivity contribution >= 4 is 33.7 Å². The summed E-state index contributed by atoms with van der Waals surface area (Å²) in [5.41, 5.74) is 2.77. The molecule has 9 heteroatoms. The Morgan fingerprint density at radius 2 is 2.11 bits per heavy atom. The van der Waals surface area contributed by atoms with E-state index in [1.54, 1.807) is 24.3 Å². The van der Waals surface area contributed by atoms with Crippen molar-refractivity contribution in [2.45, 2.75) is 13.0 Å². The van der Waals surface area contributed by atoms with Crippen LogP contribution in [0.15, 0.2) is 64.7 Å². The molecule has 1 atom stereocenters. The zero-order valence-corrected chi connectivity index (χ0v) is 16.6. The molecule has 0 aliphatic rings. The minimum absolute atomic E-state index is 0.00577. The zero-order chi connectivity index (χ0) is 20.5. The number of hydrazone groups is 1. The number of hydrogen-bond donors (Lipinski definition) is 1. The lowest BCUT2D eigenvalue weighted by molar-refractivity contribution is -0.386. The number of nitrogens with one attached hydrogen (secondary N) is 1.